The van der Waals surface area contributed by atoms with Crippen LogP contribution in [0, 0.1) is 0 Å². The maximum absolute atomic E-state index is 10.9. The highest BCUT2D eigenvalue weighted by molar-refractivity contribution is 4.99. The van der Waals surface area contributed by atoms with Crippen molar-refractivity contribution in [2.24, 2.45) is 0 Å². The lowest BCUT2D eigenvalue weighted by molar-refractivity contribution is 0.00877. The number of rotatable bonds is 1. The number of fused-ring (bicyclic) bond motifs is 3. The van der Waals surface area contributed by atoms with Gasteiger partial charge in [0.05, 0.1) is 6.04 Å². The number of nitrogens with zero attached hydrogens (tertiary/aromatic N) is 3. The van der Waals surface area contributed by atoms with Gasteiger partial charge in [-0.2, -0.15) is 5.10 Å². The van der Waals surface area contributed by atoms with Crippen LogP contribution >= 0.6 is 0 Å². The molecule has 0 saturated carbocycles. The molecule has 0 aliphatic carbocycles. The molecule has 3 fully saturated rings. The first-order chi connectivity index (χ1) is 6.83. The molecule has 0 amide bonds. The fourth-order valence-corrected chi connectivity index (χ4v) is 2.32. The molecular formula is C8H13N5O. The van der Waals surface area contributed by atoms with Crippen molar-refractivity contribution < 1.29 is 0 Å². The Labute approximate surface area is 80.9 Å². The standard InChI is InChI=1S/C8H13N5O/c14-8-9-7(10-11-8)6-5-12-1-3-13(6)4-2-12/h6H,1-5H2,(H2,9,10,11,14). The third-order valence-corrected chi connectivity index (χ3v) is 3.11. The Morgan fingerprint density at radius 1 is 1.29 bits per heavy atom. The molecule has 14 heavy (non-hydrogen) atoms. The van der Waals surface area contributed by atoms with E-state index in [1.165, 1.54) is 0 Å². The molecular weight excluding hydrogens is 182 g/mol. The van der Waals surface area contributed by atoms with Crippen LogP contribution in [0.1, 0.15) is 11.9 Å². The van der Waals surface area contributed by atoms with Crippen LogP contribution in [-0.4, -0.2) is 57.7 Å². The average molecular weight is 195 g/mol. The highest BCUT2D eigenvalue weighted by atomic mass is 16.1. The summed E-state index contributed by atoms with van der Waals surface area (Å²) < 4.78 is 0. The Bertz CT molecular complexity index is 375. The predicted molar refractivity (Wildman–Crippen MR) is 50.0 cm³/mol. The SMILES string of the molecule is O=c1[nH]nc(C2CN3CCN2CC3)[nH]1. The molecule has 6 heteroatoms. The fourth-order valence-electron chi connectivity index (χ4n) is 2.32. The number of aromatic amines is 2. The van der Waals surface area contributed by atoms with E-state index < -0.39 is 0 Å². The van der Waals surface area contributed by atoms with Crippen LogP contribution in [0.25, 0.3) is 0 Å². The largest absolute Gasteiger partial charge is 0.340 e. The van der Waals surface area contributed by atoms with Crippen molar-refractivity contribution in [3.63, 3.8) is 0 Å². The number of H-pyrrole nitrogens is 2. The van der Waals surface area contributed by atoms with Crippen LogP contribution in [0.2, 0.25) is 0 Å². The minimum atomic E-state index is -0.211. The average Bonchev–Trinajstić information content (AvgIpc) is 2.66. The van der Waals surface area contributed by atoms with Gasteiger partial charge in [-0.1, -0.05) is 0 Å². The summed E-state index contributed by atoms with van der Waals surface area (Å²) in [6, 6.07) is 0.274. The normalized spacial score (nSPS) is 36.1. The summed E-state index contributed by atoms with van der Waals surface area (Å²) >= 11 is 0. The van der Waals surface area contributed by atoms with E-state index in [-0.39, 0.29) is 11.7 Å². The van der Waals surface area contributed by atoms with Crippen molar-refractivity contribution in [1.82, 2.24) is 25.0 Å². The monoisotopic (exact) mass is 195 g/mol. The van der Waals surface area contributed by atoms with E-state index >= 15 is 0 Å². The van der Waals surface area contributed by atoms with Crippen molar-refractivity contribution in [3.05, 3.63) is 16.3 Å². The van der Waals surface area contributed by atoms with Gasteiger partial charge >= 0.3 is 5.69 Å². The number of hydrogen-bond donors (Lipinski definition) is 2. The first kappa shape index (κ1) is 8.19. The molecule has 76 valence electrons. The highest BCUT2D eigenvalue weighted by Crippen LogP contribution is 2.25. The summed E-state index contributed by atoms with van der Waals surface area (Å²) in [4.78, 5) is 18.5. The van der Waals surface area contributed by atoms with E-state index in [9.17, 15) is 4.79 Å². The Hall–Kier alpha value is -1.14. The molecule has 1 atom stereocenters. The molecule has 1 unspecified atom stereocenters. The topological polar surface area (TPSA) is 68.0 Å². The van der Waals surface area contributed by atoms with E-state index in [2.05, 4.69) is 25.0 Å². The Kier molecular flexibility index (Phi) is 1.71. The lowest BCUT2D eigenvalue weighted by Gasteiger charge is -2.46. The summed E-state index contributed by atoms with van der Waals surface area (Å²) in [7, 11) is 0. The van der Waals surface area contributed by atoms with E-state index in [0.717, 1.165) is 38.5 Å². The van der Waals surface area contributed by atoms with Crippen LogP contribution in [0.4, 0.5) is 0 Å². The van der Waals surface area contributed by atoms with Gasteiger partial charge in [-0.15, -0.1) is 0 Å². The quantitative estimate of drug-likeness (QED) is 0.589. The van der Waals surface area contributed by atoms with E-state index in [4.69, 9.17) is 0 Å². The predicted octanol–water partition coefficient (Wildman–Crippen LogP) is -1.23. The van der Waals surface area contributed by atoms with E-state index in [1.54, 1.807) is 0 Å². The highest BCUT2D eigenvalue weighted by Gasteiger charge is 2.34. The summed E-state index contributed by atoms with van der Waals surface area (Å²) in [6.07, 6.45) is 0. The third-order valence-electron chi connectivity index (χ3n) is 3.11. The first-order valence-corrected chi connectivity index (χ1v) is 4.94. The molecule has 2 N–H and O–H groups in total. The van der Waals surface area contributed by atoms with E-state index in [1.807, 2.05) is 0 Å². The maximum atomic E-state index is 10.9. The van der Waals surface area contributed by atoms with Crippen molar-refractivity contribution in [2.45, 2.75) is 6.04 Å². The van der Waals surface area contributed by atoms with Crippen molar-refractivity contribution >= 4 is 0 Å². The minimum absolute atomic E-state index is 0.211. The molecule has 3 aliphatic rings. The van der Waals surface area contributed by atoms with Crippen molar-refractivity contribution in [1.29, 1.82) is 0 Å². The second-order valence-electron chi connectivity index (χ2n) is 3.92. The Morgan fingerprint density at radius 3 is 2.57 bits per heavy atom. The van der Waals surface area contributed by atoms with Gasteiger partial charge in [-0.3, -0.25) is 14.8 Å². The van der Waals surface area contributed by atoms with Crippen molar-refractivity contribution in [2.75, 3.05) is 32.7 Å². The second-order valence-corrected chi connectivity index (χ2v) is 3.92. The van der Waals surface area contributed by atoms with Crippen LogP contribution in [-0.2, 0) is 0 Å². The zero-order valence-corrected chi connectivity index (χ0v) is 7.86. The van der Waals surface area contributed by atoms with Gasteiger partial charge in [-0.05, 0) is 0 Å². The van der Waals surface area contributed by atoms with Crippen LogP contribution in [0.15, 0.2) is 4.79 Å². The van der Waals surface area contributed by atoms with Gasteiger partial charge in [-0.25, -0.2) is 9.89 Å². The number of nitrogens with one attached hydrogen (secondary N) is 2. The summed E-state index contributed by atoms with van der Waals surface area (Å²) in [6.45, 7) is 5.44. The smallest absolute Gasteiger partial charge is 0.299 e. The van der Waals surface area contributed by atoms with Gasteiger partial charge in [0.2, 0.25) is 0 Å². The molecule has 1 aromatic rings. The second kappa shape index (κ2) is 2.93. The van der Waals surface area contributed by atoms with Crippen LogP contribution in [0.3, 0.4) is 0 Å². The van der Waals surface area contributed by atoms with Gasteiger partial charge < -0.3 is 0 Å². The van der Waals surface area contributed by atoms with Crippen molar-refractivity contribution in [3.8, 4) is 0 Å². The molecule has 1 aromatic heterocycles. The molecule has 4 heterocycles. The van der Waals surface area contributed by atoms with Crippen LogP contribution < -0.4 is 5.69 Å². The maximum Gasteiger partial charge on any atom is 0.340 e. The summed E-state index contributed by atoms with van der Waals surface area (Å²) in [5, 5.41) is 6.42. The van der Waals surface area contributed by atoms with Gasteiger partial charge in [0.25, 0.3) is 0 Å². The number of hydrogen-bond acceptors (Lipinski definition) is 4. The summed E-state index contributed by atoms with van der Waals surface area (Å²) in [5.41, 5.74) is -0.211. The third kappa shape index (κ3) is 1.18. The number of aromatic nitrogens is 3. The molecule has 6 nitrogen and oxygen atoms in total. The minimum Gasteiger partial charge on any atom is -0.299 e. The lowest BCUT2D eigenvalue weighted by Crippen LogP contribution is -2.57. The zero-order chi connectivity index (χ0) is 9.54. The molecule has 3 aliphatic heterocycles. The molecule has 0 radical (unpaired) electrons. The molecule has 4 rings (SSSR count). The van der Waals surface area contributed by atoms with Gasteiger partial charge in [0, 0.05) is 32.7 Å². The Morgan fingerprint density at radius 2 is 2.07 bits per heavy atom. The first-order valence-electron chi connectivity index (χ1n) is 4.94. The molecule has 3 saturated heterocycles. The lowest BCUT2D eigenvalue weighted by atomic mass is 10.1. The van der Waals surface area contributed by atoms with Gasteiger partial charge in [0.15, 0.2) is 0 Å². The van der Waals surface area contributed by atoms with Gasteiger partial charge in [0.1, 0.15) is 5.82 Å². The van der Waals surface area contributed by atoms with Crippen LogP contribution in [0.5, 0.6) is 0 Å². The Balaban J connectivity index is 1.89. The number of piperazine rings is 3. The van der Waals surface area contributed by atoms with E-state index in [0.29, 0.717) is 0 Å². The molecule has 0 aromatic carbocycles. The molecule has 0 spiro atoms. The fraction of sp³-hybridized carbons (Fsp3) is 0.750. The zero-order valence-electron chi connectivity index (χ0n) is 7.86. The molecule has 2 bridgehead atoms. The summed E-state index contributed by atoms with van der Waals surface area (Å²) in [5.74, 6) is 0.777.